The smallest absolute Gasteiger partial charge is 0.307 e. The third-order valence-corrected chi connectivity index (χ3v) is 4.26. The molecule has 0 aromatic carbocycles. The van der Waals surface area contributed by atoms with Crippen molar-refractivity contribution in [1.82, 2.24) is 5.32 Å². The van der Waals surface area contributed by atoms with Crippen LogP contribution in [0.2, 0.25) is 0 Å². The fourth-order valence-corrected chi connectivity index (χ4v) is 2.39. The number of carbonyl (C=O) groups is 3. The van der Waals surface area contributed by atoms with E-state index >= 15 is 0 Å². The van der Waals surface area contributed by atoms with Crippen LogP contribution in [0.25, 0.3) is 0 Å². The Morgan fingerprint density at radius 3 is 1.33 bits per heavy atom. The monoisotopic (exact) mass is 525 g/mol. The SMILES string of the molecule is COC(=O)CCOCCOCCOCCOCCOCCOCCOCCCNC(=O)CCC(=O)O. The molecule has 0 unspecified atom stereocenters. The predicted molar refractivity (Wildman–Crippen MR) is 127 cm³/mol. The van der Waals surface area contributed by atoms with Crippen LogP contribution in [-0.4, -0.2) is 129 Å². The summed E-state index contributed by atoms with van der Waals surface area (Å²) in [6, 6.07) is 0. The van der Waals surface area contributed by atoms with Gasteiger partial charge >= 0.3 is 11.9 Å². The van der Waals surface area contributed by atoms with Gasteiger partial charge in [-0.3, -0.25) is 14.4 Å². The molecule has 0 aliphatic carbocycles. The molecule has 0 saturated heterocycles. The zero-order valence-electron chi connectivity index (χ0n) is 21.4. The molecule has 13 heteroatoms. The highest BCUT2D eigenvalue weighted by Gasteiger charge is 2.04. The summed E-state index contributed by atoms with van der Waals surface area (Å²) in [7, 11) is 1.34. The first kappa shape index (κ1) is 34.1. The summed E-state index contributed by atoms with van der Waals surface area (Å²) in [4.78, 5) is 32.6. The molecule has 0 atom stereocenters. The number of carbonyl (C=O) groups excluding carboxylic acids is 2. The second-order valence-corrected chi connectivity index (χ2v) is 7.21. The average Bonchev–Trinajstić information content (AvgIpc) is 2.87. The van der Waals surface area contributed by atoms with Crippen LogP contribution in [0.15, 0.2) is 0 Å². The van der Waals surface area contributed by atoms with Crippen LogP contribution in [-0.2, 0) is 52.3 Å². The number of rotatable bonds is 28. The highest BCUT2D eigenvalue weighted by atomic mass is 16.6. The van der Waals surface area contributed by atoms with E-state index in [1.807, 2.05) is 0 Å². The minimum absolute atomic E-state index is 0.0104. The van der Waals surface area contributed by atoms with E-state index in [1.165, 1.54) is 7.11 Å². The summed E-state index contributed by atoms with van der Waals surface area (Å²) >= 11 is 0. The molecule has 212 valence electrons. The number of amides is 1. The molecule has 13 nitrogen and oxygen atoms in total. The van der Waals surface area contributed by atoms with Gasteiger partial charge in [0.15, 0.2) is 0 Å². The van der Waals surface area contributed by atoms with E-state index in [0.29, 0.717) is 105 Å². The predicted octanol–water partition coefficient (Wildman–Crippen LogP) is 0.0368. The Morgan fingerprint density at radius 1 is 0.556 bits per heavy atom. The van der Waals surface area contributed by atoms with Gasteiger partial charge in [0.1, 0.15) is 0 Å². The molecule has 0 aromatic rings. The molecule has 0 radical (unpaired) electrons. The van der Waals surface area contributed by atoms with Crippen LogP contribution in [0.5, 0.6) is 0 Å². The zero-order valence-corrected chi connectivity index (χ0v) is 21.4. The summed E-state index contributed by atoms with van der Waals surface area (Å²) in [5.41, 5.74) is 0. The fraction of sp³-hybridized carbons (Fsp3) is 0.870. The quantitative estimate of drug-likeness (QED) is 0.105. The van der Waals surface area contributed by atoms with Crippen molar-refractivity contribution < 1.29 is 57.4 Å². The molecule has 0 fully saturated rings. The summed E-state index contributed by atoms with van der Waals surface area (Å²) in [5, 5.41) is 11.1. The van der Waals surface area contributed by atoms with Gasteiger partial charge in [0.25, 0.3) is 0 Å². The number of hydrogen-bond acceptors (Lipinski definition) is 11. The van der Waals surface area contributed by atoms with Gasteiger partial charge in [-0.2, -0.15) is 0 Å². The first-order valence-electron chi connectivity index (χ1n) is 12.2. The van der Waals surface area contributed by atoms with Crippen LogP contribution < -0.4 is 5.32 Å². The Balaban J connectivity index is 3.10. The minimum Gasteiger partial charge on any atom is -0.481 e. The Morgan fingerprint density at radius 2 is 0.944 bits per heavy atom. The molecule has 0 aromatic heterocycles. The maximum absolute atomic E-state index is 11.3. The normalized spacial score (nSPS) is 10.9. The van der Waals surface area contributed by atoms with Crippen molar-refractivity contribution in [3.8, 4) is 0 Å². The van der Waals surface area contributed by atoms with Gasteiger partial charge < -0.3 is 48.3 Å². The van der Waals surface area contributed by atoms with Crippen LogP contribution in [0.1, 0.15) is 25.7 Å². The molecule has 0 aliphatic heterocycles. The summed E-state index contributed by atoms with van der Waals surface area (Å²) in [6.07, 6.45) is 0.713. The van der Waals surface area contributed by atoms with Crippen molar-refractivity contribution in [1.29, 1.82) is 0 Å². The number of nitrogens with one attached hydrogen (secondary N) is 1. The van der Waals surface area contributed by atoms with Gasteiger partial charge in [-0.05, 0) is 6.42 Å². The Kier molecular flexibility index (Phi) is 26.3. The van der Waals surface area contributed by atoms with Crippen molar-refractivity contribution in [2.75, 3.05) is 106 Å². The van der Waals surface area contributed by atoms with E-state index in [2.05, 4.69) is 10.1 Å². The van der Waals surface area contributed by atoms with E-state index in [1.54, 1.807) is 0 Å². The third kappa shape index (κ3) is 28.4. The van der Waals surface area contributed by atoms with Gasteiger partial charge in [-0.15, -0.1) is 0 Å². The largest absolute Gasteiger partial charge is 0.481 e. The van der Waals surface area contributed by atoms with E-state index in [4.69, 9.17) is 38.3 Å². The lowest BCUT2D eigenvalue weighted by Gasteiger charge is -2.08. The number of aliphatic carboxylic acids is 1. The van der Waals surface area contributed by atoms with Crippen LogP contribution in [0.4, 0.5) is 0 Å². The fourth-order valence-electron chi connectivity index (χ4n) is 2.39. The topological polar surface area (TPSA) is 157 Å². The first-order valence-corrected chi connectivity index (χ1v) is 12.2. The number of carboxylic acids is 1. The maximum atomic E-state index is 11.3. The molecule has 1 amide bonds. The highest BCUT2D eigenvalue weighted by molar-refractivity contribution is 5.80. The lowest BCUT2D eigenvalue weighted by atomic mass is 10.3. The molecular formula is C23H43NO12. The van der Waals surface area contributed by atoms with E-state index in [0.717, 1.165) is 0 Å². The standard InChI is InChI=1S/C23H43NO12/c1-29-23(28)5-8-31-10-12-33-14-16-35-18-20-36-19-17-34-15-13-32-11-9-30-7-2-6-24-21(25)3-4-22(26)27/h2-20H2,1H3,(H,24,25)(H,26,27). The molecule has 0 spiro atoms. The van der Waals surface area contributed by atoms with Crippen molar-refractivity contribution in [3.05, 3.63) is 0 Å². The lowest BCUT2D eigenvalue weighted by molar-refractivity contribution is -0.142. The number of carboxylic acid groups (broad SMARTS) is 1. The molecule has 0 bridgehead atoms. The number of methoxy groups -OCH3 is 1. The molecular weight excluding hydrogens is 482 g/mol. The van der Waals surface area contributed by atoms with Crippen molar-refractivity contribution in [2.24, 2.45) is 0 Å². The average molecular weight is 526 g/mol. The lowest BCUT2D eigenvalue weighted by Crippen LogP contribution is -2.25. The van der Waals surface area contributed by atoms with Gasteiger partial charge in [-0.1, -0.05) is 0 Å². The zero-order chi connectivity index (χ0) is 26.5. The van der Waals surface area contributed by atoms with E-state index in [-0.39, 0.29) is 31.1 Å². The number of esters is 1. The second kappa shape index (κ2) is 27.7. The molecule has 36 heavy (non-hydrogen) atoms. The Labute approximate surface area is 213 Å². The van der Waals surface area contributed by atoms with E-state index < -0.39 is 5.97 Å². The van der Waals surface area contributed by atoms with Gasteiger partial charge in [0, 0.05) is 19.6 Å². The van der Waals surface area contributed by atoms with Crippen molar-refractivity contribution in [3.63, 3.8) is 0 Å². The summed E-state index contributed by atoms with van der Waals surface area (Å²) in [5.74, 6) is -1.55. The summed E-state index contributed by atoms with van der Waals surface area (Å²) in [6.45, 7) is 6.76. The molecule has 0 heterocycles. The molecule has 2 N–H and O–H groups in total. The van der Waals surface area contributed by atoms with Crippen LogP contribution in [0, 0.1) is 0 Å². The maximum Gasteiger partial charge on any atom is 0.307 e. The van der Waals surface area contributed by atoms with E-state index in [9.17, 15) is 14.4 Å². The minimum atomic E-state index is -0.984. The Hall–Kier alpha value is -1.87. The van der Waals surface area contributed by atoms with Crippen molar-refractivity contribution in [2.45, 2.75) is 25.7 Å². The Bertz CT molecular complexity index is 535. The third-order valence-electron chi connectivity index (χ3n) is 4.26. The highest BCUT2D eigenvalue weighted by Crippen LogP contribution is 1.90. The van der Waals surface area contributed by atoms with Crippen LogP contribution in [0.3, 0.4) is 0 Å². The molecule has 0 saturated carbocycles. The number of ether oxygens (including phenoxy) is 8. The van der Waals surface area contributed by atoms with Gasteiger partial charge in [0.05, 0.1) is 106 Å². The summed E-state index contributed by atoms with van der Waals surface area (Å²) < 4.78 is 42.0. The molecule has 0 rings (SSSR count). The first-order chi connectivity index (χ1) is 17.6. The second-order valence-electron chi connectivity index (χ2n) is 7.21. The number of hydrogen-bond donors (Lipinski definition) is 2. The molecule has 0 aliphatic rings. The van der Waals surface area contributed by atoms with Gasteiger partial charge in [-0.25, -0.2) is 0 Å². The van der Waals surface area contributed by atoms with Gasteiger partial charge in [0.2, 0.25) is 5.91 Å². The van der Waals surface area contributed by atoms with Crippen LogP contribution >= 0.6 is 0 Å². The van der Waals surface area contributed by atoms with Crippen molar-refractivity contribution >= 4 is 17.8 Å².